The predicted molar refractivity (Wildman–Crippen MR) is 98.5 cm³/mol. The number of nitriles is 1. The minimum atomic E-state index is -4.68. The summed E-state index contributed by atoms with van der Waals surface area (Å²) in [5.41, 5.74) is -0.293. The van der Waals surface area contributed by atoms with Gasteiger partial charge in [0.2, 0.25) is 5.91 Å². The van der Waals surface area contributed by atoms with Gasteiger partial charge in [0, 0.05) is 6.42 Å². The van der Waals surface area contributed by atoms with Gasteiger partial charge in [0.15, 0.2) is 11.5 Å². The van der Waals surface area contributed by atoms with Gasteiger partial charge in [-0.3, -0.25) is 9.48 Å². The van der Waals surface area contributed by atoms with Gasteiger partial charge in [-0.1, -0.05) is 29.8 Å². The van der Waals surface area contributed by atoms with Crippen molar-refractivity contribution in [3.63, 3.8) is 0 Å². The van der Waals surface area contributed by atoms with Crippen molar-refractivity contribution in [2.24, 2.45) is 0 Å². The second-order valence-electron chi connectivity index (χ2n) is 6.03. The van der Waals surface area contributed by atoms with E-state index < -0.39 is 22.8 Å². The number of nitrogens with zero attached hydrogens (tertiary/aromatic N) is 5. The van der Waals surface area contributed by atoms with Crippen LogP contribution >= 0.6 is 11.6 Å². The number of para-hydroxylation sites is 1. The Bertz CT molecular complexity index is 1080. The molecule has 3 rings (SSSR count). The molecule has 1 N–H and O–H groups in total. The molecule has 2 heterocycles. The summed E-state index contributed by atoms with van der Waals surface area (Å²) in [6.07, 6.45) is -3.55. The summed E-state index contributed by atoms with van der Waals surface area (Å²) in [4.78, 5) is 12.4. The van der Waals surface area contributed by atoms with Crippen LogP contribution in [0.5, 0.6) is 0 Å². The van der Waals surface area contributed by atoms with E-state index >= 15 is 0 Å². The van der Waals surface area contributed by atoms with Gasteiger partial charge in [0.05, 0.1) is 29.1 Å². The van der Waals surface area contributed by atoms with Crippen LogP contribution in [0.1, 0.15) is 23.4 Å². The van der Waals surface area contributed by atoms with E-state index in [0.717, 1.165) is 4.68 Å². The van der Waals surface area contributed by atoms with Gasteiger partial charge in [-0.25, -0.2) is 4.68 Å². The van der Waals surface area contributed by atoms with Gasteiger partial charge in [-0.05, 0) is 19.1 Å². The smallest absolute Gasteiger partial charge is 0.309 e. The zero-order valence-corrected chi connectivity index (χ0v) is 15.8. The summed E-state index contributed by atoms with van der Waals surface area (Å²) < 4.78 is 41.1. The van der Waals surface area contributed by atoms with Crippen LogP contribution in [0.3, 0.4) is 0 Å². The number of hydrogen-bond acceptors (Lipinski definition) is 4. The van der Waals surface area contributed by atoms with Gasteiger partial charge in [0.1, 0.15) is 11.6 Å². The number of rotatable bonds is 5. The van der Waals surface area contributed by atoms with Crippen LogP contribution in [0.4, 0.5) is 19.0 Å². The number of carbonyl (C=O) groups is 1. The Hall–Kier alpha value is -3.32. The lowest BCUT2D eigenvalue weighted by Crippen LogP contribution is -2.18. The molecule has 11 heteroatoms. The third kappa shape index (κ3) is 4.25. The molecule has 0 aliphatic carbocycles. The summed E-state index contributed by atoms with van der Waals surface area (Å²) in [5, 5.41) is 18.9. The van der Waals surface area contributed by atoms with Gasteiger partial charge >= 0.3 is 6.18 Å². The molecule has 0 aliphatic rings. The van der Waals surface area contributed by atoms with Crippen molar-refractivity contribution in [2.75, 3.05) is 5.32 Å². The Morgan fingerprint density at radius 3 is 2.59 bits per heavy atom. The van der Waals surface area contributed by atoms with Gasteiger partial charge in [-0.2, -0.15) is 28.6 Å². The van der Waals surface area contributed by atoms with E-state index in [9.17, 15) is 23.2 Å². The molecule has 0 saturated carbocycles. The highest BCUT2D eigenvalue weighted by Gasteiger charge is 2.38. The normalized spacial score (nSPS) is 11.3. The molecule has 2 aromatic heterocycles. The number of benzene rings is 1. The first-order chi connectivity index (χ1) is 13.7. The maximum absolute atomic E-state index is 12.9. The molecule has 0 radical (unpaired) electrons. The number of alkyl halides is 3. The first kappa shape index (κ1) is 20.4. The molecular weight excluding hydrogens is 409 g/mol. The molecule has 3 aromatic rings. The molecular formula is C18H14ClF3N6O. The van der Waals surface area contributed by atoms with Crippen molar-refractivity contribution in [3.8, 4) is 11.8 Å². The molecule has 1 amide bonds. The average Bonchev–Trinajstić information content (AvgIpc) is 3.22. The minimum Gasteiger partial charge on any atom is -0.309 e. The van der Waals surface area contributed by atoms with Gasteiger partial charge in [0.25, 0.3) is 0 Å². The first-order valence-corrected chi connectivity index (χ1v) is 8.73. The maximum Gasteiger partial charge on any atom is 0.436 e. The quantitative estimate of drug-likeness (QED) is 0.674. The lowest BCUT2D eigenvalue weighted by Gasteiger charge is -2.10. The zero-order valence-electron chi connectivity index (χ0n) is 15.0. The molecule has 7 nitrogen and oxygen atoms in total. The Morgan fingerprint density at radius 2 is 2.00 bits per heavy atom. The van der Waals surface area contributed by atoms with E-state index in [4.69, 9.17) is 11.6 Å². The fourth-order valence-electron chi connectivity index (χ4n) is 2.64. The Labute approximate surface area is 168 Å². The highest BCUT2D eigenvalue weighted by Crippen LogP contribution is 2.35. The summed E-state index contributed by atoms with van der Waals surface area (Å²) in [5.74, 6) is -0.339. The predicted octanol–water partition coefficient (Wildman–Crippen LogP) is 3.95. The lowest BCUT2D eigenvalue weighted by molar-refractivity contribution is -0.141. The average molecular weight is 423 g/mol. The third-order valence-electron chi connectivity index (χ3n) is 4.10. The number of amides is 1. The van der Waals surface area contributed by atoms with Crippen LogP contribution in [-0.2, 0) is 17.5 Å². The Kier molecular flexibility index (Phi) is 5.61. The summed E-state index contributed by atoms with van der Waals surface area (Å²) >= 11 is 5.71. The molecule has 0 fully saturated rings. The van der Waals surface area contributed by atoms with E-state index in [1.807, 2.05) is 12.1 Å². The molecule has 150 valence electrons. The van der Waals surface area contributed by atoms with Gasteiger partial charge < -0.3 is 5.32 Å². The molecule has 0 bridgehead atoms. The molecule has 0 atom stereocenters. The largest absolute Gasteiger partial charge is 0.436 e. The van der Waals surface area contributed by atoms with Crippen molar-refractivity contribution in [2.45, 2.75) is 26.1 Å². The fraction of sp³-hybridized carbons (Fsp3) is 0.222. The van der Waals surface area contributed by atoms with Crippen LogP contribution in [-0.4, -0.2) is 25.5 Å². The fourth-order valence-corrected chi connectivity index (χ4v) is 2.88. The Morgan fingerprint density at radius 1 is 1.31 bits per heavy atom. The SMILES string of the molecule is Cc1c(Cl)c(C(F)(F)F)nn1CCC(=O)Nc1c(C#N)cnn1-c1ccccc1. The van der Waals surface area contributed by atoms with Gasteiger partial charge in [-0.15, -0.1) is 0 Å². The molecule has 0 aliphatic heterocycles. The van der Waals surface area contributed by atoms with E-state index in [2.05, 4.69) is 15.5 Å². The van der Waals surface area contributed by atoms with Crippen molar-refractivity contribution in [1.82, 2.24) is 19.6 Å². The highest BCUT2D eigenvalue weighted by molar-refractivity contribution is 6.31. The second kappa shape index (κ2) is 7.97. The monoisotopic (exact) mass is 422 g/mol. The van der Waals surface area contributed by atoms with Crippen molar-refractivity contribution in [3.05, 3.63) is 58.5 Å². The standard InChI is InChI=1S/C18H14ClF3N6O/c1-11-15(19)16(18(20,21)22)26-27(11)8-7-14(29)25-17-12(9-23)10-24-28(17)13-5-3-2-4-6-13/h2-6,10H,7-8H2,1H3,(H,25,29). The number of hydrogen-bond donors (Lipinski definition) is 1. The summed E-state index contributed by atoms with van der Waals surface area (Å²) in [6, 6.07) is 10.8. The zero-order chi connectivity index (χ0) is 21.2. The van der Waals surface area contributed by atoms with E-state index in [1.54, 1.807) is 24.3 Å². The first-order valence-electron chi connectivity index (χ1n) is 8.36. The van der Waals surface area contributed by atoms with Crippen LogP contribution in [0.25, 0.3) is 5.69 Å². The lowest BCUT2D eigenvalue weighted by atomic mass is 10.3. The molecule has 0 spiro atoms. The van der Waals surface area contributed by atoms with Crippen LogP contribution in [0.15, 0.2) is 36.5 Å². The van der Waals surface area contributed by atoms with Crippen LogP contribution in [0, 0.1) is 18.3 Å². The third-order valence-corrected chi connectivity index (χ3v) is 4.55. The van der Waals surface area contributed by atoms with Crippen LogP contribution < -0.4 is 5.32 Å². The van der Waals surface area contributed by atoms with E-state index in [-0.39, 0.29) is 30.0 Å². The topological polar surface area (TPSA) is 88.5 Å². The van der Waals surface area contributed by atoms with Crippen molar-refractivity contribution in [1.29, 1.82) is 5.26 Å². The Balaban J connectivity index is 1.76. The van der Waals surface area contributed by atoms with Crippen molar-refractivity contribution >= 4 is 23.3 Å². The maximum atomic E-state index is 12.9. The molecule has 1 aromatic carbocycles. The number of aryl methyl sites for hydroxylation is 1. The number of halogens is 4. The van der Waals surface area contributed by atoms with E-state index in [1.165, 1.54) is 17.8 Å². The molecule has 0 saturated heterocycles. The second-order valence-corrected chi connectivity index (χ2v) is 6.41. The van der Waals surface area contributed by atoms with Crippen molar-refractivity contribution < 1.29 is 18.0 Å². The van der Waals surface area contributed by atoms with Crippen LogP contribution in [0.2, 0.25) is 5.02 Å². The molecule has 29 heavy (non-hydrogen) atoms. The number of aromatic nitrogens is 4. The molecule has 0 unspecified atom stereocenters. The summed E-state index contributed by atoms with van der Waals surface area (Å²) in [6.45, 7) is 1.27. The number of carbonyl (C=O) groups excluding carboxylic acids is 1. The number of nitrogens with one attached hydrogen (secondary N) is 1. The van der Waals surface area contributed by atoms with E-state index in [0.29, 0.717) is 5.69 Å². The highest BCUT2D eigenvalue weighted by atomic mass is 35.5. The minimum absolute atomic E-state index is 0.110. The number of anilines is 1. The summed E-state index contributed by atoms with van der Waals surface area (Å²) in [7, 11) is 0.